The van der Waals surface area contributed by atoms with Crippen molar-refractivity contribution in [3.63, 3.8) is 0 Å². The molecule has 1 unspecified atom stereocenters. The van der Waals surface area contributed by atoms with Gasteiger partial charge in [-0.3, -0.25) is 9.59 Å². The number of carbonyl (C=O) groups is 3. The van der Waals surface area contributed by atoms with Gasteiger partial charge in [-0.05, 0) is 37.3 Å². The van der Waals surface area contributed by atoms with E-state index in [0.717, 1.165) is 5.56 Å². The van der Waals surface area contributed by atoms with Gasteiger partial charge in [-0.15, -0.1) is 0 Å². The lowest BCUT2D eigenvalue weighted by Gasteiger charge is -2.23. The molecule has 1 rings (SSSR count). The van der Waals surface area contributed by atoms with Crippen molar-refractivity contribution < 1.29 is 19.5 Å². The van der Waals surface area contributed by atoms with Gasteiger partial charge in [-0.25, -0.2) is 4.79 Å². The SMILES string of the molecule is CC(C)C(S)C(=O)N[C@@H](CCCCN)C(=O)N[C@@H](Cc1ccccc1)C(=O)O. The second kappa shape index (κ2) is 12.4. The summed E-state index contributed by atoms with van der Waals surface area (Å²) in [5.74, 6) is -1.99. The first-order valence-electron chi connectivity index (χ1n) is 9.51. The molecule has 0 aliphatic rings. The first kappa shape index (κ1) is 24.0. The molecule has 0 bridgehead atoms. The van der Waals surface area contributed by atoms with Gasteiger partial charge in [0.15, 0.2) is 0 Å². The van der Waals surface area contributed by atoms with Gasteiger partial charge >= 0.3 is 5.97 Å². The maximum absolute atomic E-state index is 12.7. The third-order valence-electron chi connectivity index (χ3n) is 4.38. The van der Waals surface area contributed by atoms with Crippen molar-refractivity contribution in [1.82, 2.24) is 10.6 Å². The number of nitrogens with one attached hydrogen (secondary N) is 2. The Morgan fingerprint density at radius 3 is 2.18 bits per heavy atom. The van der Waals surface area contributed by atoms with Crippen molar-refractivity contribution in [3.8, 4) is 0 Å². The molecule has 0 saturated heterocycles. The van der Waals surface area contributed by atoms with Crippen LogP contribution in [0.25, 0.3) is 0 Å². The molecule has 2 amide bonds. The van der Waals surface area contributed by atoms with E-state index in [1.807, 2.05) is 32.0 Å². The number of unbranched alkanes of at least 4 members (excludes halogenated alkanes) is 1. The summed E-state index contributed by atoms with van der Waals surface area (Å²) < 4.78 is 0. The molecule has 8 heteroatoms. The van der Waals surface area contributed by atoms with Crippen LogP contribution in [0.2, 0.25) is 0 Å². The zero-order valence-electron chi connectivity index (χ0n) is 16.4. The smallest absolute Gasteiger partial charge is 0.326 e. The summed E-state index contributed by atoms with van der Waals surface area (Å²) in [6, 6.07) is 7.15. The van der Waals surface area contributed by atoms with Crippen molar-refractivity contribution in [2.45, 2.75) is 56.9 Å². The van der Waals surface area contributed by atoms with Crippen LogP contribution in [0.3, 0.4) is 0 Å². The number of thiol groups is 1. The van der Waals surface area contributed by atoms with Crippen LogP contribution in [0.15, 0.2) is 30.3 Å². The quantitative estimate of drug-likeness (QED) is 0.264. The number of hydrogen-bond donors (Lipinski definition) is 5. The van der Waals surface area contributed by atoms with E-state index in [2.05, 4.69) is 23.3 Å². The van der Waals surface area contributed by atoms with E-state index in [9.17, 15) is 19.5 Å². The van der Waals surface area contributed by atoms with Gasteiger partial charge in [-0.1, -0.05) is 44.2 Å². The molecule has 28 heavy (non-hydrogen) atoms. The van der Waals surface area contributed by atoms with E-state index in [4.69, 9.17) is 5.73 Å². The fourth-order valence-corrected chi connectivity index (χ4v) is 2.72. The highest BCUT2D eigenvalue weighted by Gasteiger charge is 2.28. The highest BCUT2D eigenvalue weighted by Crippen LogP contribution is 2.11. The lowest BCUT2D eigenvalue weighted by molar-refractivity contribution is -0.142. The second-order valence-corrected chi connectivity index (χ2v) is 7.68. The summed E-state index contributed by atoms with van der Waals surface area (Å²) in [6.07, 6.45) is 1.89. The van der Waals surface area contributed by atoms with Gasteiger partial charge in [0, 0.05) is 6.42 Å². The fourth-order valence-electron chi connectivity index (χ4n) is 2.64. The Hall–Kier alpha value is -2.06. The minimum Gasteiger partial charge on any atom is -0.480 e. The second-order valence-electron chi connectivity index (χ2n) is 7.12. The highest BCUT2D eigenvalue weighted by atomic mass is 32.1. The summed E-state index contributed by atoms with van der Waals surface area (Å²) in [6.45, 7) is 4.21. The first-order chi connectivity index (χ1) is 13.3. The minimum atomic E-state index is -1.13. The van der Waals surface area contributed by atoms with E-state index in [1.54, 1.807) is 12.1 Å². The number of amides is 2. The average molecular weight is 410 g/mol. The molecule has 156 valence electrons. The van der Waals surface area contributed by atoms with E-state index < -0.39 is 29.2 Å². The molecule has 0 saturated carbocycles. The molecule has 5 N–H and O–H groups in total. The van der Waals surface area contributed by atoms with Gasteiger partial charge < -0.3 is 21.5 Å². The van der Waals surface area contributed by atoms with Crippen LogP contribution in [0.1, 0.15) is 38.7 Å². The Morgan fingerprint density at radius 2 is 1.64 bits per heavy atom. The number of aliphatic carboxylic acids is 1. The topological polar surface area (TPSA) is 122 Å². The Morgan fingerprint density at radius 1 is 1.04 bits per heavy atom. The number of carbonyl (C=O) groups excluding carboxylic acids is 2. The van der Waals surface area contributed by atoms with Gasteiger partial charge in [0.25, 0.3) is 0 Å². The van der Waals surface area contributed by atoms with Crippen LogP contribution in [-0.2, 0) is 20.8 Å². The maximum atomic E-state index is 12.7. The van der Waals surface area contributed by atoms with Gasteiger partial charge in [0.1, 0.15) is 12.1 Å². The number of benzene rings is 1. The number of nitrogens with two attached hydrogens (primary N) is 1. The van der Waals surface area contributed by atoms with Gasteiger partial charge in [-0.2, -0.15) is 12.6 Å². The molecule has 1 aromatic rings. The van der Waals surface area contributed by atoms with Crippen molar-refractivity contribution >= 4 is 30.4 Å². The van der Waals surface area contributed by atoms with Crippen LogP contribution in [0, 0.1) is 5.92 Å². The molecule has 7 nitrogen and oxygen atoms in total. The number of hydrogen-bond acceptors (Lipinski definition) is 5. The first-order valence-corrected chi connectivity index (χ1v) is 10.0. The van der Waals surface area contributed by atoms with Crippen LogP contribution in [-0.4, -0.2) is 46.8 Å². The maximum Gasteiger partial charge on any atom is 0.326 e. The number of carboxylic acid groups (broad SMARTS) is 1. The highest BCUT2D eigenvalue weighted by molar-refractivity contribution is 7.81. The predicted molar refractivity (Wildman–Crippen MR) is 112 cm³/mol. The average Bonchev–Trinajstić information content (AvgIpc) is 2.66. The molecule has 0 aliphatic carbocycles. The van der Waals surface area contributed by atoms with E-state index in [-0.39, 0.29) is 18.2 Å². The van der Waals surface area contributed by atoms with Crippen LogP contribution in [0.4, 0.5) is 0 Å². The van der Waals surface area contributed by atoms with Gasteiger partial charge in [0.05, 0.1) is 5.25 Å². The van der Waals surface area contributed by atoms with Crippen LogP contribution >= 0.6 is 12.6 Å². The van der Waals surface area contributed by atoms with Gasteiger partial charge in [0.2, 0.25) is 11.8 Å². The molecule has 0 aliphatic heterocycles. The zero-order valence-corrected chi connectivity index (χ0v) is 17.3. The van der Waals surface area contributed by atoms with E-state index in [0.29, 0.717) is 25.8 Å². The molecule has 1 aromatic carbocycles. The largest absolute Gasteiger partial charge is 0.480 e. The molecule has 0 spiro atoms. The monoisotopic (exact) mass is 409 g/mol. The standard InChI is InChI=1S/C20H31N3O4S/c1-13(2)17(28)19(25)22-15(10-6-7-11-21)18(24)23-16(20(26)27)12-14-8-4-3-5-9-14/h3-5,8-9,13,15-17,28H,6-7,10-12,21H2,1-2H3,(H,22,25)(H,23,24)(H,26,27)/t15-,16-,17?/m0/s1. The van der Waals surface area contributed by atoms with Crippen LogP contribution < -0.4 is 16.4 Å². The van der Waals surface area contributed by atoms with E-state index >= 15 is 0 Å². The molecule has 0 aromatic heterocycles. The summed E-state index contributed by atoms with van der Waals surface area (Å²) in [4.78, 5) is 36.7. The zero-order chi connectivity index (χ0) is 21.1. The number of rotatable bonds is 12. The third kappa shape index (κ3) is 8.31. The summed E-state index contributed by atoms with van der Waals surface area (Å²) >= 11 is 4.28. The Kier molecular flexibility index (Phi) is 10.6. The lowest BCUT2D eigenvalue weighted by Crippen LogP contribution is -2.53. The Balaban J connectivity index is 2.83. The van der Waals surface area contributed by atoms with Crippen molar-refractivity contribution in [2.75, 3.05) is 6.54 Å². The lowest BCUT2D eigenvalue weighted by atomic mass is 10.0. The summed E-state index contributed by atoms with van der Waals surface area (Å²) in [5.41, 5.74) is 6.31. The predicted octanol–water partition coefficient (Wildman–Crippen LogP) is 1.37. The van der Waals surface area contributed by atoms with Crippen molar-refractivity contribution in [2.24, 2.45) is 11.7 Å². The Labute approximate surface area is 171 Å². The minimum absolute atomic E-state index is 0.000866. The molecule has 0 heterocycles. The third-order valence-corrected chi connectivity index (χ3v) is 5.21. The molecule has 0 radical (unpaired) electrons. The molecule has 3 atom stereocenters. The molecular weight excluding hydrogens is 378 g/mol. The van der Waals surface area contributed by atoms with Crippen molar-refractivity contribution in [3.05, 3.63) is 35.9 Å². The fraction of sp³-hybridized carbons (Fsp3) is 0.550. The Bertz CT molecular complexity index is 640. The number of carboxylic acids is 1. The van der Waals surface area contributed by atoms with E-state index in [1.165, 1.54) is 0 Å². The molecular formula is C20H31N3O4S. The van der Waals surface area contributed by atoms with Crippen LogP contribution in [0.5, 0.6) is 0 Å². The summed E-state index contributed by atoms with van der Waals surface area (Å²) in [7, 11) is 0. The summed E-state index contributed by atoms with van der Waals surface area (Å²) in [5, 5.41) is 14.2. The molecule has 0 fully saturated rings. The van der Waals surface area contributed by atoms with Crippen molar-refractivity contribution in [1.29, 1.82) is 0 Å². The normalized spacial score (nSPS) is 14.2.